The Morgan fingerprint density at radius 3 is 0.965 bits per heavy atom. The van der Waals surface area contributed by atoms with Gasteiger partial charge >= 0.3 is 0 Å². The summed E-state index contributed by atoms with van der Waals surface area (Å²) in [6, 6.07) is 146. The Morgan fingerprint density at radius 2 is 0.482 bits per heavy atom. The molecule has 0 heteroatoms. The molecule has 114 heavy (non-hydrogen) atoms. The molecule has 0 heterocycles. The molecule has 534 valence electrons. The van der Waals surface area contributed by atoms with Crippen LogP contribution in [-0.2, 0) is 10.8 Å². The highest BCUT2D eigenvalue weighted by Gasteiger charge is 2.41. The summed E-state index contributed by atoms with van der Waals surface area (Å²) in [6.45, 7) is 9.58. The Morgan fingerprint density at radius 1 is 0.175 bits per heavy atom. The molecule has 4 aliphatic rings. The van der Waals surface area contributed by atoms with E-state index in [1.165, 1.54) is 231 Å². The van der Waals surface area contributed by atoms with Crippen LogP contribution in [0.4, 0.5) is 0 Å². The molecule has 2 unspecified atom stereocenters. The van der Waals surface area contributed by atoms with Gasteiger partial charge in [-0.05, 0) is 255 Å². The van der Waals surface area contributed by atoms with Crippen molar-refractivity contribution in [2.45, 2.75) is 50.4 Å². The first-order chi connectivity index (χ1) is 56.1. The van der Waals surface area contributed by atoms with Gasteiger partial charge in [0, 0.05) is 22.7 Å². The highest BCUT2D eigenvalue weighted by atomic mass is 14.4. The maximum absolute atomic E-state index is 2.50. The molecule has 0 saturated carbocycles. The molecule has 20 aromatic carbocycles. The van der Waals surface area contributed by atoms with Gasteiger partial charge in [0.25, 0.3) is 0 Å². The predicted octanol–water partition coefficient (Wildman–Crippen LogP) is 30.7. The second-order valence-electron chi connectivity index (χ2n) is 33.0. The molecular formula is C114H78. The molecule has 20 aromatic rings. The number of benzene rings is 20. The van der Waals surface area contributed by atoms with Gasteiger partial charge in [-0.15, -0.1) is 0 Å². The minimum atomic E-state index is -0.137. The van der Waals surface area contributed by atoms with Crippen LogP contribution in [0.15, 0.2) is 388 Å². The summed E-state index contributed by atoms with van der Waals surface area (Å²) >= 11 is 0. The van der Waals surface area contributed by atoms with Gasteiger partial charge in [0.15, 0.2) is 0 Å². The Bertz CT molecular complexity index is 7340. The Hall–Kier alpha value is -13.8. The molecule has 0 fully saturated rings. The van der Waals surface area contributed by atoms with Crippen molar-refractivity contribution < 1.29 is 0 Å². The minimum Gasteiger partial charge on any atom is -0.0622 e. The molecule has 0 nitrogen and oxygen atoms in total. The summed E-state index contributed by atoms with van der Waals surface area (Å²) < 4.78 is 0. The molecule has 2 atom stereocenters. The molecular weight excluding hydrogens is 1370 g/mol. The van der Waals surface area contributed by atoms with Gasteiger partial charge in [0.2, 0.25) is 0 Å². The molecule has 0 amide bonds. The lowest BCUT2D eigenvalue weighted by molar-refractivity contribution is 0.661. The van der Waals surface area contributed by atoms with E-state index >= 15 is 0 Å². The van der Waals surface area contributed by atoms with E-state index in [4.69, 9.17) is 0 Å². The highest BCUT2D eigenvalue weighted by molar-refractivity contribution is 6.25. The van der Waals surface area contributed by atoms with Crippen LogP contribution >= 0.6 is 0 Å². The van der Waals surface area contributed by atoms with E-state index in [0.29, 0.717) is 0 Å². The van der Waals surface area contributed by atoms with E-state index in [9.17, 15) is 0 Å². The fourth-order valence-corrected chi connectivity index (χ4v) is 21.4. The molecule has 0 bridgehead atoms. The number of hydrogen-bond acceptors (Lipinski definition) is 0. The van der Waals surface area contributed by atoms with E-state index in [-0.39, 0.29) is 22.7 Å². The van der Waals surface area contributed by atoms with Crippen molar-refractivity contribution in [3.8, 4) is 100 Å². The zero-order valence-electron chi connectivity index (χ0n) is 64.1. The lowest BCUT2D eigenvalue weighted by atomic mass is 9.79. The van der Waals surface area contributed by atoms with Crippen LogP contribution in [0.1, 0.15) is 95.2 Å². The van der Waals surface area contributed by atoms with E-state index in [1.807, 2.05) is 0 Å². The van der Waals surface area contributed by atoms with Gasteiger partial charge < -0.3 is 0 Å². The highest BCUT2D eigenvalue weighted by Crippen LogP contribution is 2.59. The van der Waals surface area contributed by atoms with E-state index in [1.54, 1.807) is 0 Å². The smallest absolute Gasteiger partial charge is 0.0352 e. The molecule has 0 radical (unpaired) electrons. The molecule has 0 N–H and O–H groups in total. The van der Waals surface area contributed by atoms with Crippen LogP contribution in [-0.4, -0.2) is 0 Å². The fraction of sp³-hybridized carbons (Fsp3) is 0.0702. The standard InChI is InChI=1S/C62H42.C52H36/c1-62(2)56-35-33-42(37-55(56)60-47-22-10-6-18-43(47)44-19-8-15-27-53(44)61(60)62)59-50-25-13-11-23-48(50)58(49-24-12-14-26-51(49)59)40-30-28-38(29-31-40)41-32-34-52-54(36-41)45-20-7-9-21-46(45)57(52)39-16-4-3-5-17-39;1-52(2)46-28-26-35(31-45(46)51-36-17-7-6-14-32(36)25-29-47(51)52)50-41-22-12-10-20-39(41)49(40-21-11-13-23-42(40)50)34-24-27-43-44(30-34)37-18-8-9-19-38(37)48(43)33-15-4-3-5-16-33/h3-37,57H,1-2H3;3-31,48H,1-2H3. The van der Waals surface area contributed by atoms with E-state index in [0.717, 1.165) is 0 Å². The first-order valence-electron chi connectivity index (χ1n) is 40.4. The van der Waals surface area contributed by atoms with Crippen LogP contribution in [0.3, 0.4) is 0 Å². The van der Waals surface area contributed by atoms with Crippen molar-refractivity contribution in [3.63, 3.8) is 0 Å². The molecule has 0 aromatic heterocycles. The summed E-state index contributed by atoms with van der Waals surface area (Å²) in [5.41, 5.74) is 37.2. The Labute approximate surface area is 665 Å². The molecule has 0 aliphatic heterocycles. The number of fused-ring (bicyclic) bond motifs is 23. The minimum absolute atomic E-state index is 0.0626. The zero-order valence-corrected chi connectivity index (χ0v) is 64.1. The Kier molecular flexibility index (Phi) is 14.7. The van der Waals surface area contributed by atoms with E-state index < -0.39 is 0 Å². The average Bonchev–Trinajstić information content (AvgIpc) is 1.51. The van der Waals surface area contributed by atoms with Crippen LogP contribution in [0.5, 0.6) is 0 Å². The average molecular weight is 1450 g/mol. The van der Waals surface area contributed by atoms with Gasteiger partial charge in [0.05, 0.1) is 0 Å². The van der Waals surface area contributed by atoms with Crippen LogP contribution in [0.2, 0.25) is 0 Å². The van der Waals surface area contributed by atoms with Crippen molar-refractivity contribution in [2.75, 3.05) is 0 Å². The predicted molar refractivity (Wildman–Crippen MR) is 483 cm³/mol. The SMILES string of the molecule is CC1(C)c2ccc(-c3c4ccccc4c(-c4ccc(-c5ccc6c(c5)-c5ccccc5C6c5ccccc5)cc4)c4ccccc34)cc2-c2c1c1ccccc1c1ccccc21.CC1(C)c2ccc(-c3c4ccccc4c(-c4ccc5c(c4)-c4ccccc4C5c4ccccc4)c4ccccc34)cc2-c2c1ccc1ccccc21. The van der Waals surface area contributed by atoms with Gasteiger partial charge in [-0.25, -0.2) is 0 Å². The van der Waals surface area contributed by atoms with Crippen LogP contribution in [0, 0.1) is 0 Å². The monoisotopic (exact) mass is 1450 g/mol. The van der Waals surface area contributed by atoms with Crippen molar-refractivity contribution in [2.24, 2.45) is 0 Å². The molecule has 4 aliphatic carbocycles. The quantitative estimate of drug-likeness (QED) is 0.110. The second kappa shape index (κ2) is 25.4. The summed E-state index contributed by atoms with van der Waals surface area (Å²) in [4.78, 5) is 0. The third kappa shape index (κ3) is 9.77. The lowest BCUT2D eigenvalue weighted by Gasteiger charge is -2.24. The topological polar surface area (TPSA) is 0 Å². The third-order valence-electron chi connectivity index (χ3n) is 26.4. The van der Waals surface area contributed by atoms with Crippen molar-refractivity contribution in [3.05, 3.63) is 444 Å². The first-order valence-corrected chi connectivity index (χ1v) is 40.4. The number of hydrogen-bond donors (Lipinski definition) is 0. The lowest BCUT2D eigenvalue weighted by Crippen LogP contribution is -2.15. The van der Waals surface area contributed by atoms with Crippen molar-refractivity contribution in [1.82, 2.24) is 0 Å². The normalized spacial score (nSPS) is 14.8. The van der Waals surface area contributed by atoms with Gasteiger partial charge in [0.1, 0.15) is 0 Å². The van der Waals surface area contributed by atoms with Crippen LogP contribution in [0.25, 0.3) is 176 Å². The van der Waals surface area contributed by atoms with Crippen molar-refractivity contribution in [1.29, 1.82) is 0 Å². The third-order valence-corrected chi connectivity index (χ3v) is 26.4. The summed E-state index contributed by atoms with van der Waals surface area (Å²) in [5.74, 6) is 0.493. The van der Waals surface area contributed by atoms with Crippen LogP contribution < -0.4 is 0 Å². The fourth-order valence-electron chi connectivity index (χ4n) is 21.4. The first kappa shape index (κ1) is 66.0. The Balaban J connectivity index is 0.000000137. The maximum atomic E-state index is 2.50. The summed E-state index contributed by atoms with van der Waals surface area (Å²) in [7, 11) is 0. The molecule has 0 saturated heterocycles. The largest absolute Gasteiger partial charge is 0.0622 e. The second-order valence-corrected chi connectivity index (χ2v) is 33.0. The molecule has 0 spiro atoms. The maximum Gasteiger partial charge on any atom is 0.0352 e. The van der Waals surface area contributed by atoms with E-state index in [2.05, 4.69) is 416 Å². The summed E-state index contributed by atoms with van der Waals surface area (Å²) in [5, 5.41) is 18.2. The van der Waals surface area contributed by atoms with Crippen molar-refractivity contribution >= 4 is 75.4 Å². The number of rotatable bonds is 7. The van der Waals surface area contributed by atoms with Gasteiger partial charge in [-0.3, -0.25) is 0 Å². The summed E-state index contributed by atoms with van der Waals surface area (Å²) in [6.07, 6.45) is 0. The van der Waals surface area contributed by atoms with Gasteiger partial charge in [-0.1, -0.05) is 392 Å². The van der Waals surface area contributed by atoms with Gasteiger partial charge in [-0.2, -0.15) is 0 Å². The molecule has 24 rings (SSSR count). The zero-order chi connectivity index (χ0) is 75.7.